The summed E-state index contributed by atoms with van der Waals surface area (Å²) in [7, 11) is 3.39. The fraction of sp³-hybridized carbons (Fsp3) is 0.286. The van der Waals surface area contributed by atoms with E-state index in [1.165, 1.54) is 29.5 Å². The van der Waals surface area contributed by atoms with Gasteiger partial charge in [-0.1, -0.05) is 6.07 Å². The van der Waals surface area contributed by atoms with Gasteiger partial charge in [-0.3, -0.25) is 4.79 Å². The monoisotopic (exact) mass is 389 g/mol. The van der Waals surface area contributed by atoms with Crippen molar-refractivity contribution < 1.29 is 13.6 Å². The number of halogens is 3. The molecule has 0 fully saturated rings. The number of nitrogens with zero attached hydrogens (tertiary/aromatic N) is 2. The summed E-state index contributed by atoms with van der Waals surface area (Å²) in [6, 6.07) is 3.10. The second-order valence-electron chi connectivity index (χ2n) is 4.80. The number of hydrogen-bond acceptors (Lipinski definition) is 4. The highest BCUT2D eigenvalue weighted by Crippen LogP contribution is 2.24. The largest absolute Gasteiger partial charge is 0.348 e. The zero-order valence-corrected chi connectivity index (χ0v) is 14.3. The maximum absolute atomic E-state index is 13.9. The first-order valence-corrected chi connectivity index (χ1v) is 8.07. The Hall–Kier alpha value is -1.38. The fourth-order valence-corrected chi connectivity index (χ4v) is 3.16. The minimum absolute atomic E-state index is 0.0619. The first-order valence-electron chi connectivity index (χ1n) is 6.39. The summed E-state index contributed by atoms with van der Waals surface area (Å²) >= 11 is 4.36. The first kappa shape index (κ1) is 17.0. The van der Waals surface area contributed by atoms with Crippen LogP contribution in [-0.2, 0) is 0 Å². The lowest BCUT2D eigenvalue weighted by atomic mass is 10.0. The van der Waals surface area contributed by atoms with Gasteiger partial charge >= 0.3 is 0 Å². The molecule has 2 rings (SSSR count). The number of carbonyl (C=O) groups is 1. The molecule has 1 atom stereocenters. The van der Waals surface area contributed by atoms with Crippen molar-refractivity contribution in [1.82, 2.24) is 15.2 Å². The van der Waals surface area contributed by atoms with Gasteiger partial charge in [-0.25, -0.2) is 13.8 Å². The quantitative estimate of drug-likeness (QED) is 0.853. The van der Waals surface area contributed by atoms with Crippen LogP contribution in [0.25, 0.3) is 0 Å². The van der Waals surface area contributed by atoms with Crippen molar-refractivity contribution in [2.75, 3.05) is 20.6 Å². The number of likely N-dealkylation sites (N-methyl/N-ethyl adjacent to an activating group) is 1. The zero-order valence-electron chi connectivity index (χ0n) is 11.9. The van der Waals surface area contributed by atoms with Crippen LogP contribution in [0.2, 0.25) is 0 Å². The summed E-state index contributed by atoms with van der Waals surface area (Å²) in [6.45, 7) is 0.0703. The molecule has 4 nitrogen and oxygen atoms in total. The molecule has 0 aliphatic rings. The molecule has 1 heterocycles. The van der Waals surface area contributed by atoms with E-state index in [2.05, 4.69) is 26.2 Å². The number of aromatic nitrogens is 1. The van der Waals surface area contributed by atoms with Gasteiger partial charge in [0.05, 0.1) is 6.04 Å². The smallest absolute Gasteiger partial charge is 0.280 e. The molecular formula is C14H14BrF2N3OS. The van der Waals surface area contributed by atoms with E-state index in [4.69, 9.17) is 0 Å². The Morgan fingerprint density at radius 3 is 2.55 bits per heavy atom. The fourth-order valence-electron chi connectivity index (χ4n) is 2.00. The molecule has 0 spiro atoms. The minimum atomic E-state index is -0.634. The maximum atomic E-state index is 13.9. The topological polar surface area (TPSA) is 45.2 Å². The van der Waals surface area contributed by atoms with Crippen molar-refractivity contribution >= 4 is 33.2 Å². The molecule has 1 aromatic heterocycles. The highest BCUT2D eigenvalue weighted by atomic mass is 79.9. The van der Waals surface area contributed by atoms with E-state index in [1.54, 1.807) is 24.4 Å². The molecule has 1 amide bonds. The third-order valence-electron chi connectivity index (χ3n) is 3.08. The highest BCUT2D eigenvalue weighted by Gasteiger charge is 2.23. The van der Waals surface area contributed by atoms with Gasteiger partial charge in [0, 0.05) is 17.5 Å². The lowest BCUT2D eigenvalue weighted by Crippen LogP contribution is -2.35. The number of nitrogens with one attached hydrogen (secondary N) is 1. The summed E-state index contributed by atoms with van der Waals surface area (Å²) in [6.07, 6.45) is 0. The van der Waals surface area contributed by atoms with Gasteiger partial charge in [0.1, 0.15) is 16.2 Å². The molecular weight excluding hydrogens is 376 g/mol. The molecule has 0 bridgehead atoms. The second kappa shape index (κ2) is 7.26. The molecule has 0 saturated carbocycles. The molecule has 118 valence electrons. The van der Waals surface area contributed by atoms with Crippen molar-refractivity contribution in [3.05, 3.63) is 50.4 Å². The highest BCUT2D eigenvalue weighted by molar-refractivity contribution is 9.10. The molecule has 0 unspecified atom stereocenters. The molecule has 1 aromatic carbocycles. The van der Waals surface area contributed by atoms with Gasteiger partial charge in [0.15, 0.2) is 5.01 Å². The molecule has 0 aliphatic heterocycles. The van der Waals surface area contributed by atoms with Crippen LogP contribution in [0.15, 0.2) is 28.2 Å². The standard InChI is InChI=1S/C14H14BrF2N3OS/c1-20(2)10(12-8(16)4-3-5-9(12)17)6-18-13(21)14-19-11(15)7-22-14/h3-5,7,10H,6H2,1-2H3,(H,18,21)/t10-/m1/s1. The zero-order chi connectivity index (χ0) is 16.3. The Morgan fingerprint density at radius 2 is 2.05 bits per heavy atom. The number of hydrogen-bond donors (Lipinski definition) is 1. The van der Waals surface area contributed by atoms with Gasteiger partial charge in [-0.15, -0.1) is 11.3 Å². The molecule has 8 heteroatoms. The van der Waals surface area contributed by atoms with Gasteiger partial charge in [-0.2, -0.15) is 0 Å². The van der Waals surface area contributed by atoms with E-state index in [-0.39, 0.29) is 18.0 Å². The maximum Gasteiger partial charge on any atom is 0.280 e. The molecule has 0 saturated heterocycles. The lowest BCUT2D eigenvalue weighted by molar-refractivity contribution is 0.0940. The third kappa shape index (κ3) is 3.88. The summed E-state index contributed by atoms with van der Waals surface area (Å²) in [5.41, 5.74) is -0.0619. The molecule has 22 heavy (non-hydrogen) atoms. The van der Waals surface area contributed by atoms with Crippen LogP contribution in [0.4, 0.5) is 8.78 Å². The van der Waals surface area contributed by atoms with Crippen LogP contribution in [0.1, 0.15) is 21.4 Å². The van der Waals surface area contributed by atoms with Crippen LogP contribution >= 0.6 is 27.3 Å². The summed E-state index contributed by atoms with van der Waals surface area (Å²) in [5.74, 6) is -1.64. The molecule has 0 radical (unpaired) electrons. The van der Waals surface area contributed by atoms with E-state index in [0.29, 0.717) is 9.61 Å². The third-order valence-corrected chi connectivity index (χ3v) is 4.63. The Kier molecular flexibility index (Phi) is 5.60. The van der Waals surface area contributed by atoms with Gasteiger partial charge < -0.3 is 10.2 Å². The van der Waals surface area contributed by atoms with Crippen LogP contribution in [0.5, 0.6) is 0 Å². The van der Waals surface area contributed by atoms with Crippen molar-refractivity contribution in [2.24, 2.45) is 0 Å². The average Bonchev–Trinajstić information content (AvgIpc) is 2.88. The average molecular weight is 390 g/mol. The van der Waals surface area contributed by atoms with E-state index in [9.17, 15) is 13.6 Å². The molecule has 1 N–H and O–H groups in total. The first-order chi connectivity index (χ1) is 10.4. The van der Waals surface area contributed by atoms with Crippen molar-refractivity contribution in [3.8, 4) is 0 Å². The molecule has 0 aliphatic carbocycles. The van der Waals surface area contributed by atoms with Crippen molar-refractivity contribution in [2.45, 2.75) is 6.04 Å². The Bertz CT molecular complexity index is 658. The Labute approximate surface area is 139 Å². The number of rotatable bonds is 5. The normalized spacial score (nSPS) is 12.5. The van der Waals surface area contributed by atoms with Gasteiger partial charge in [0.2, 0.25) is 0 Å². The van der Waals surface area contributed by atoms with Crippen molar-refractivity contribution in [1.29, 1.82) is 0 Å². The summed E-state index contributed by atoms with van der Waals surface area (Å²) in [5, 5.41) is 4.64. The van der Waals surface area contributed by atoms with E-state index in [0.717, 1.165) is 0 Å². The predicted molar refractivity (Wildman–Crippen MR) is 84.9 cm³/mol. The second-order valence-corrected chi connectivity index (χ2v) is 6.47. The number of thiazole rings is 1. The summed E-state index contributed by atoms with van der Waals surface area (Å²) < 4.78 is 28.4. The Morgan fingerprint density at radius 1 is 1.41 bits per heavy atom. The van der Waals surface area contributed by atoms with Crippen LogP contribution in [0, 0.1) is 11.6 Å². The van der Waals surface area contributed by atoms with Crippen LogP contribution < -0.4 is 5.32 Å². The minimum Gasteiger partial charge on any atom is -0.348 e. The van der Waals surface area contributed by atoms with Crippen LogP contribution in [-0.4, -0.2) is 36.4 Å². The predicted octanol–water partition coefficient (Wildman–Crippen LogP) is 3.22. The van der Waals surface area contributed by atoms with Crippen molar-refractivity contribution in [3.63, 3.8) is 0 Å². The number of benzene rings is 1. The number of carbonyl (C=O) groups excluding carboxylic acids is 1. The van der Waals surface area contributed by atoms with E-state index >= 15 is 0 Å². The lowest BCUT2D eigenvalue weighted by Gasteiger charge is -2.25. The summed E-state index contributed by atoms with van der Waals surface area (Å²) in [4.78, 5) is 17.7. The number of amides is 1. The Balaban J connectivity index is 2.15. The molecule has 2 aromatic rings. The van der Waals surface area contributed by atoms with Crippen LogP contribution in [0.3, 0.4) is 0 Å². The van der Waals surface area contributed by atoms with E-state index in [1.807, 2.05) is 0 Å². The van der Waals surface area contributed by atoms with Gasteiger partial charge in [0.25, 0.3) is 5.91 Å². The van der Waals surface area contributed by atoms with Gasteiger partial charge in [-0.05, 0) is 42.2 Å². The van der Waals surface area contributed by atoms with E-state index < -0.39 is 17.7 Å². The SMILES string of the molecule is CN(C)[C@H](CNC(=O)c1nc(Br)cs1)c1c(F)cccc1F.